The summed E-state index contributed by atoms with van der Waals surface area (Å²) in [4.78, 5) is 0. The highest BCUT2D eigenvalue weighted by Gasteiger charge is 2.34. The van der Waals surface area contributed by atoms with Crippen molar-refractivity contribution in [1.82, 2.24) is 15.1 Å². The standard InChI is InChI=1S/C16H28BrN3O/c1-5-12-16(17)14(20(7-3)19-12)10-13(18-4)11-8-9-21-15(11)6-2/h11,13,15,18H,5-10H2,1-4H3. The number of aromatic nitrogens is 2. The number of aryl methyl sites for hydroxylation is 2. The van der Waals surface area contributed by atoms with E-state index >= 15 is 0 Å². The minimum atomic E-state index is 0.393. The largest absolute Gasteiger partial charge is 0.378 e. The smallest absolute Gasteiger partial charge is 0.0766 e. The van der Waals surface area contributed by atoms with Gasteiger partial charge < -0.3 is 10.1 Å². The summed E-state index contributed by atoms with van der Waals surface area (Å²) >= 11 is 3.76. The summed E-state index contributed by atoms with van der Waals surface area (Å²) in [5.41, 5.74) is 2.48. The Bertz CT molecular complexity index is 461. The van der Waals surface area contributed by atoms with Crippen LogP contribution in [0.25, 0.3) is 0 Å². The van der Waals surface area contributed by atoms with Crippen molar-refractivity contribution in [3.05, 3.63) is 15.9 Å². The lowest BCUT2D eigenvalue weighted by molar-refractivity contribution is 0.0781. The Morgan fingerprint density at radius 1 is 1.43 bits per heavy atom. The molecule has 1 N–H and O–H groups in total. The van der Waals surface area contributed by atoms with Crippen molar-refractivity contribution in [2.45, 2.75) is 65.1 Å². The van der Waals surface area contributed by atoms with Gasteiger partial charge in [0.15, 0.2) is 0 Å². The molecule has 1 fully saturated rings. The van der Waals surface area contributed by atoms with E-state index in [0.717, 1.165) is 44.5 Å². The maximum atomic E-state index is 5.87. The highest BCUT2D eigenvalue weighted by atomic mass is 79.9. The fraction of sp³-hybridized carbons (Fsp3) is 0.812. The van der Waals surface area contributed by atoms with Gasteiger partial charge in [0.2, 0.25) is 0 Å². The first-order valence-corrected chi connectivity index (χ1v) is 8.98. The summed E-state index contributed by atoms with van der Waals surface area (Å²) < 4.78 is 9.21. The summed E-state index contributed by atoms with van der Waals surface area (Å²) in [6.45, 7) is 8.35. The van der Waals surface area contributed by atoms with Crippen LogP contribution in [0.1, 0.15) is 45.0 Å². The summed E-state index contributed by atoms with van der Waals surface area (Å²) in [5, 5.41) is 8.23. The molecule has 0 aromatic carbocycles. The van der Waals surface area contributed by atoms with Crippen molar-refractivity contribution >= 4 is 15.9 Å². The summed E-state index contributed by atoms with van der Waals surface area (Å²) in [7, 11) is 2.07. The Kier molecular flexibility index (Phi) is 6.26. The molecular formula is C16H28BrN3O. The van der Waals surface area contributed by atoms with Crippen molar-refractivity contribution < 1.29 is 4.74 Å². The van der Waals surface area contributed by atoms with E-state index in [1.54, 1.807) is 0 Å². The third kappa shape index (κ3) is 3.51. The number of halogens is 1. The number of rotatable bonds is 7. The van der Waals surface area contributed by atoms with Crippen LogP contribution in [-0.2, 0) is 24.1 Å². The molecule has 1 aliphatic rings. The number of nitrogens with zero attached hydrogens (tertiary/aromatic N) is 2. The molecule has 3 unspecified atom stereocenters. The second-order valence-electron chi connectivity index (χ2n) is 5.75. The van der Waals surface area contributed by atoms with E-state index in [-0.39, 0.29) is 0 Å². The first kappa shape index (κ1) is 17.0. The van der Waals surface area contributed by atoms with Crippen molar-refractivity contribution in [3.8, 4) is 0 Å². The van der Waals surface area contributed by atoms with E-state index in [1.807, 2.05) is 0 Å². The van der Waals surface area contributed by atoms with E-state index in [1.165, 1.54) is 10.2 Å². The monoisotopic (exact) mass is 357 g/mol. The molecule has 2 heterocycles. The van der Waals surface area contributed by atoms with Gasteiger partial charge in [-0.2, -0.15) is 5.10 Å². The molecule has 0 saturated carbocycles. The molecule has 0 spiro atoms. The van der Waals surface area contributed by atoms with E-state index < -0.39 is 0 Å². The van der Waals surface area contributed by atoms with Gasteiger partial charge in [-0.3, -0.25) is 4.68 Å². The van der Waals surface area contributed by atoms with Crippen LogP contribution in [0.5, 0.6) is 0 Å². The van der Waals surface area contributed by atoms with Crippen LogP contribution in [0.15, 0.2) is 4.47 Å². The Labute approximate surface area is 136 Å². The second kappa shape index (κ2) is 7.75. The van der Waals surface area contributed by atoms with Gasteiger partial charge in [0, 0.05) is 31.5 Å². The lowest BCUT2D eigenvalue weighted by atomic mass is 9.88. The number of hydrogen-bond acceptors (Lipinski definition) is 3. The van der Waals surface area contributed by atoms with E-state index in [0.29, 0.717) is 18.1 Å². The highest BCUT2D eigenvalue weighted by Crippen LogP contribution is 2.30. The molecular weight excluding hydrogens is 330 g/mol. The van der Waals surface area contributed by atoms with Gasteiger partial charge in [-0.15, -0.1) is 0 Å². The average Bonchev–Trinajstić information content (AvgIpc) is 3.09. The van der Waals surface area contributed by atoms with Crippen molar-refractivity contribution in [3.63, 3.8) is 0 Å². The fourth-order valence-corrected chi connectivity index (χ4v) is 4.16. The zero-order valence-electron chi connectivity index (χ0n) is 13.7. The average molecular weight is 358 g/mol. The zero-order valence-corrected chi connectivity index (χ0v) is 15.2. The van der Waals surface area contributed by atoms with Gasteiger partial charge in [-0.1, -0.05) is 13.8 Å². The first-order chi connectivity index (χ1) is 10.2. The highest BCUT2D eigenvalue weighted by molar-refractivity contribution is 9.10. The number of hydrogen-bond donors (Lipinski definition) is 1. The normalized spacial score (nSPS) is 23.7. The molecule has 4 nitrogen and oxygen atoms in total. The maximum Gasteiger partial charge on any atom is 0.0766 e. The molecule has 1 aromatic rings. The Hall–Kier alpha value is -0.390. The summed E-state index contributed by atoms with van der Waals surface area (Å²) in [5.74, 6) is 0.595. The van der Waals surface area contributed by atoms with Gasteiger partial charge in [0.05, 0.1) is 22.0 Å². The Morgan fingerprint density at radius 3 is 2.76 bits per heavy atom. The fourth-order valence-electron chi connectivity index (χ4n) is 3.43. The third-order valence-corrected chi connectivity index (χ3v) is 5.57. The Morgan fingerprint density at radius 2 is 2.19 bits per heavy atom. The van der Waals surface area contributed by atoms with E-state index in [2.05, 4.69) is 53.7 Å². The Balaban J connectivity index is 2.20. The number of nitrogens with one attached hydrogen (secondary N) is 1. The molecule has 1 saturated heterocycles. The number of ether oxygens (including phenoxy) is 1. The van der Waals surface area contributed by atoms with E-state index in [4.69, 9.17) is 9.84 Å². The predicted molar refractivity (Wildman–Crippen MR) is 89.7 cm³/mol. The quantitative estimate of drug-likeness (QED) is 0.814. The zero-order chi connectivity index (χ0) is 15.4. The van der Waals surface area contributed by atoms with E-state index in [9.17, 15) is 0 Å². The van der Waals surface area contributed by atoms with Crippen molar-refractivity contribution in [1.29, 1.82) is 0 Å². The molecule has 0 amide bonds. The predicted octanol–water partition coefficient (Wildman–Crippen LogP) is 3.17. The van der Waals surface area contributed by atoms with Crippen LogP contribution in [0, 0.1) is 5.92 Å². The topological polar surface area (TPSA) is 39.1 Å². The van der Waals surface area contributed by atoms with Crippen LogP contribution in [0.3, 0.4) is 0 Å². The molecule has 1 aliphatic heterocycles. The van der Waals surface area contributed by atoms with Crippen molar-refractivity contribution in [2.75, 3.05) is 13.7 Å². The lowest BCUT2D eigenvalue weighted by Crippen LogP contribution is -2.40. The summed E-state index contributed by atoms with van der Waals surface area (Å²) in [6, 6.07) is 0.445. The van der Waals surface area contributed by atoms with Crippen LogP contribution in [0.4, 0.5) is 0 Å². The second-order valence-corrected chi connectivity index (χ2v) is 6.54. The van der Waals surface area contributed by atoms with Gasteiger partial charge in [0.25, 0.3) is 0 Å². The van der Waals surface area contributed by atoms with Gasteiger partial charge in [-0.25, -0.2) is 0 Å². The van der Waals surface area contributed by atoms with Gasteiger partial charge >= 0.3 is 0 Å². The molecule has 120 valence electrons. The third-order valence-electron chi connectivity index (χ3n) is 4.66. The van der Waals surface area contributed by atoms with Crippen LogP contribution in [0.2, 0.25) is 0 Å². The molecule has 5 heteroatoms. The summed E-state index contributed by atoms with van der Waals surface area (Å²) in [6.07, 6.45) is 4.61. The molecule has 0 bridgehead atoms. The van der Waals surface area contributed by atoms with Crippen LogP contribution in [-0.4, -0.2) is 35.6 Å². The lowest BCUT2D eigenvalue weighted by Gasteiger charge is -2.27. The molecule has 0 radical (unpaired) electrons. The van der Waals surface area contributed by atoms with Crippen molar-refractivity contribution in [2.24, 2.45) is 5.92 Å². The number of likely N-dealkylation sites (N-methyl/N-ethyl adjacent to an activating group) is 1. The minimum absolute atomic E-state index is 0.393. The van der Waals surface area contributed by atoms with Gasteiger partial charge in [0.1, 0.15) is 0 Å². The van der Waals surface area contributed by atoms with Crippen LogP contribution < -0.4 is 5.32 Å². The molecule has 21 heavy (non-hydrogen) atoms. The SMILES string of the molecule is CCc1nn(CC)c(CC(NC)C2CCOC2CC)c1Br. The minimum Gasteiger partial charge on any atom is -0.378 e. The maximum absolute atomic E-state index is 5.87. The van der Waals surface area contributed by atoms with Gasteiger partial charge in [-0.05, 0) is 49.2 Å². The van der Waals surface area contributed by atoms with Crippen LogP contribution >= 0.6 is 15.9 Å². The molecule has 2 rings (SSSR count). The molecule has 1 aromatic heterocycles. The first-order valence-electron chi connectivity index (χ1n) is 8.19. The molecule has 0 aliphatic carbocycles. The molecule has 3 atom stereocenters.